The molecule has 0 aromatic carbocycles. The zero-order chi connectivity index (χ0) is 19.9. The van der Waals surface area contributed by atoms with Crippen LogP contribution in [0, 0.1) is 0 Å². The molecule has 1 fully saturated rings. The molecule has 0 N–H and O–H groups in total. The minimum atomic E-state index is -0.135. The highest BCUT2D eigenvalue weighted by molar-refractivity contribution is 5.96. The van der Waals surface area contributed by atoms with Crippen molar-refractivity contribution in [3.8, 4) is 0 Å². The molecule has 4 rings (SSSR count). The summed E-state index contributed by atoms with van der Waals surface area (Å²) in [7, 11) is 1.90. The van der Waals surface area contributed by atoms with E-state index >= 15 is 0 Å². The van der Waals surface area contributed by atoms with Gasteiger partial charge in [0.05, 0.1) is 11.3 Å². The van der Waals surface area contributed by atoms with Gasteiger partial charge in [0.1, 0.15) is 5.82 Å². The number of fused-ring (bicyclic) bond motifs is 2. The molecule has 0 aliphatic carbocycles. The Morgan fingerprint density at radius 3 is 2.57 bits per heavy atom. The van der Waals surface area contributed by atoms with Gasteiger partial charge in [0.15, 0.2) is 0 Å². The third-order valence-corrected chi connectivity index (χ3v) is 6.02. The van der Waals surface area contributed by atoms with Crippen molar-refractivity contribution in [3.05, 3.63) is 53.4 Å². The smallest absolute Gasteiger partial charge is 0.257 e. The summed E-state index contributed by atoms with van der Waals surface area (Å²) < 4.78 is 0. The van der Waals surface area contributed by atoms with Gasteiger partial charge in [-0.3, -0.25) is 14.7 Å². The van der Waals surface area contributed by atoms with E-state index in [4.69, 9.17) is 4.98 Å². The zero-order valence-electron chi connectivity index (χ0n) is 17.3. The topological polar surface area (TPSA) is 62.2 Å². The summed E-state index contributed by atoms with van der Waals surface area (Å²) in [6, 6.07) is 4.12. The fraction of sp³-hybridized carbons (Fsp3) is 0.545. The van der Waals surface area contributed by atoms with E-state index in [0.29, 0.717) is 5.56 Å². The van der Waals surface area contributed by atoms with Gasteiger partial charge >= 0.3 is 0 Å². The molecule has 2 aliphatic rings. The second kappa shape index (κ2) is 6.92. The van der Waals surface area contributed by atoms with Crippen molar-refractivity contribution in [2.24, 2.45) is 0 Å². The number of hydrogen-bond donors (Lipinski definition) is 0. The molecule has 0 bridgehead atoms. The Balaban J connectivity index is 1.62. The molecule has 2 aliphatic heterocycles. The quantitative estimate of drug-likeness (QED) is 0.803. The van der Waals surface area contributed by atoms with Crippen molar-refractivity contribution in [2.75, 3.05) is 26.7 Å². The fourth-order valence-corrected chi connectivity index (χ4v) is 4.39. The Hall–Kier alpha value is -2.34. The number of nitrogens with zero attached hydrogens (tertiary/aromatic N) is 5. The van der Waals surface area contributed by atoms with Crippen molar-refractivity contribution in [1.82, 2.24) is 24.8 Å². The minimum absolute atomic E-state index is 0.0406. The van der Waals surface area contributed by atoms with Crippen molar-refractivity contribution in [1.29, 1.82) is 0 Å². The molecule has 28 heavy (non-hydrogen) atoms. The average molecular weight is 380 g/mol. The van der Waals surface area contributed by atoms with E-state index in [-0.39, 0.29) is 16.7 Å². The average Bonchev–Trinajstić information content (AvgIpc) is 2.68. The monoisotopic (exact) mass is 379 g/mol. The highest BCUT2D eigenvalue weighted by Crippen LogP contribution is 2.41. The van der Waals surface area contributed by atoms with Gasteiger partial charge in [-0.1, -0.05) is 26.8 Å². The molecule has 6 nitrogen and oxygen atoms in total. The van der Waals surface area contributed by atoms with Crippen LogP contribution in [0.1, 0.15) is 61.1 Å². The van der Waals surface area contributed by atoms with E-state index in [0.717, 1.165) is 50.5 Å². The highest BCUT2D eigenvalue weighted by Gasteiger charge is 2.46. The Labute approximate surface area is 167 Å². The summed E-state index contributed by atoms with van der Waals surface area (Å²) in [5.74, 6) is 0.861. The molecule has 0 saturated carbocycles. The first-order valence-electron chi connectivity index (χ1n) is 10.0. The lowest BCUT2D eigenvalue weighted by Gasteiger charge is -2.46. The Kier molecular flexibility index (Phi) is 4.70. The van der Waals surface area contributed by atoms with Crippen LogP contribution in [0.15, 0.2) is 30.7 Å². The lowest BCUT2D eigenvalue weighted by Crippen LogP contribution is -2.54. The third kappa shape index (κ3) is 3.41. The minimum Gasteiger partial charge on any atom is -0.341 e. The van der Waals surface area contributed by atoms with Crippen LogP contribution in [0.4, 0.5) is 0 Å². The Morgan fingerprint density at radius 2 is 1.93 bits per heavy atom. The summed E-state index contributed by atoms with van der Waals surface area (Å²) >= 11 is 0. The van der Waals surface area contributed by atoms with E-state index < -0.39 is 0 Å². The van der Waals surface area contributed by atoms with Gasteiger partial charge in [-0.15, -0.1) is 0 Å². The zero-order valence-corrected chi connectivity index (χ0v) is 17.3. The Bertz CT molecular complexity index is 866. The maximum absolute atomic E-state index is 12.7. The van der Waals surface area contributed by atoms with E-state index in [9.17, 15) is 4.79 Å². The molecular weight excluding hydrogens is 350 g/mol. The second-order valence-corrected chi connectivity index (χ2v) is 9.28. The van der Waals surface area contributed by atoms with Crippen LogP contribution in [0.25, 0.3) is 0 Å². The first kappa shape index (κ1) is 19.0. The fourth-order valence-electron chi connectivity index (χ4n) is 4.39. The summed E-state index contributed by atoms with van der Waals surface area (Å²) in [5, 5.41) is 0. The summed E-state index contributed by atoms with van der Waals surface area (Å²) in [4.78, 5) is 30.8. The maximum Gasteiger partial charge on any atom is 0.257 e. The number of carbonyl (C=O) groups excluding carboxylic acids is 1. The van der Waals surface area contributed by atoms with Gasteiger partial charge < -0.3 is 4.90 Å². The molecule has 1 spiro atoms. The third-order valence-electron chi connectivity index (χ3n) is 6.02. The largest absolute Gasteiger partial charge is 0.341 e. The van der Waals surface area contributed by atoms with Crippen molar-refractivity contribution < 1.29 is 4.79 Å². The predicted molar refractivity (Wildman–Crippen MR) is 108 cm³/mol. The number of aromatic nitrogens is 3. The van der Waals surface area contributed by atoms with E-state index in [1.807, 2.05) is 30.4 Å². The van der Waals surface area contributed by atoms with Crippen molar-refractivity contribution in [3.63, 3.8) is 0 Å². The summed E-state index contributed by atoms with van der Waals surface area (Å²) in [5.41, 5.74) is 2.68. The molecule has 0 atom stereocenters. The Morgan fingerprint density at radius 1 is 1.18 bits per heavy atom. The van der Waals surface area contributed by atoms with Crippen LogP contribution in [-0.2, 0) is 17.4 Å². The number of rotatable bonds is 2. The molecule has 0 radical (unpaired) electrons. The van der Waals surface area contributed by atoms with Gasteiger partial charge in [-0.25, -0.2) is 9.97 Å². The molecule has 1 saturated heterocycles. The van der Waals surface area contributed by atoms with Gasteiger partial charge in [0.25, 0.3) is 5.91 Å². The first-order valence-corrected chi connectivity index (χ1v) is 10.0. The predicted octanol–water partition coefficient (Wildman–Crippen LogP) is 2.79. The standard InChI is InChI=1S/C22H29N5O/c1-21(2,3)20-24-13-17-18(25-20)22(15-26(4)19(17)28)7-10-27(11-8-22)14-16-6-5-9-23-12-16/h5-6,9,12-13H,7-8,10-11,14-15H2,1-4H3. The molecule has 0 unspecified atom stereocenters. The molecular formula is C22H29N5O. The van der Waals surface area contributed by atoms with Gasteiger partial charge in [0.2, 0.25) is 0 Å². The molecule has 1 amide bonds. The molecule has 2 aromatic rings. The van der Waals surface area contributed by atoms with E-state index in [2.05, 4.69) is 41.7 Å². The van der Waals surface area contributed by atoms with Crippen LogP contribution < -0.4 is 0 Å². The maximum atomic E-state index is 12.7. The first-order chi connectivity index (χ1) is 13.3. The van der Waals surface area contributed by atoms with Crippen LogP contribution in [0.2, 0.25) is 0 Å². The van der Waals surface area contributed by atoms with Crippen LogP contribution in [-0.4, -0.2) is 57.3 Å². The van der Waals surface area contributed by atoms with E-state index in [1.54, 1.807) is 6.20 Å². The van der Waals surface area contributed by atoms with Crippen LogP contribution >= 0.6 is 0 Å². The number of pyridine rings is 1. The molecule has 148 valence electrons. The number of likely N-dealkylation sites (tertiary alicyclic amines) is 1. The van der Waals surface area contributed by atoms with Gasteiger partial charge in [0, 0.05) is 49.6 Å². The van der Waals surface area contributed by atoms with Gasteiger partial charge in [-0.05, 0) is 37.6 Å². The van der Waals surface area contributed by atoms with Gasteiger partial charge in [-0.2, -0.15) is 0 Å². The van der Waals surface area contributed by atoms with Crippen LogP contribution in [0.5, 0.6) is 0 Å². The normalized spacial score (nSPS) is 19.7. The van der Waals surface area contributed by atoms with E-state index in [1.165, 1.54) is 5.56 Å². The number of carbonyl (C=O) groups is 1. The number of hydrogen-bond acceptors (Lipinski definition) is 5. The summed E-state index contributed by atoms with van der Waals surface area (Å²) in [6.07, 6.45) is 7.50. The molecule has 6 heteroatoms. The molecule has 2 aromatic heterocycles. The van der Waals surface area contributed by atoms with Crippen molar-refractivity contribution >= 4 is 5.91 Å². The molecule has 4 heterocycles. The van der Waals surface area contributed by atoms with Crippen LogP contribution in [0.3, 0.4) is 0 Å². The summed E-state index contributed by atoms with van der Waals surface area (Å²) in [6.45, 7) is 10.00. The number of piperidine rings is 1. The van der Waals surface area contributed by atoms with Crippen molar-refractivity contribution in [2.45, 2.75) is 51.0 Å². The second-order valence-electron chi connectivity index (χ2n) is 9.28. The SMILES string of the molecule is CN1CC2(CCN(Cc3cccnc3)CC2)c2nc(C(C)(C)C)ncc2C1=O. The number of likely N-dealkylation sites (N-methyl/N-ethyl adjacent to an activating group) is 1. The number of amides is 1. The lowest BCUT2D eigenvalue weighted by molar-refractivity contribution is 0.0622. The lowest BCUT2D eigenvalue weighted by atomic mass is 9.71. The highest BCUT2D eigenvalue weighted by atomic mass is 16.2.